The van der Waals surface area contributed by atoms with Gasteiger partial charge in [-0.2, -0.15) is 0 Å². The number of aliphatic hydroxyl groups excluding tert-OH is 1. The number of nitrogen functional groups attached to an aromatic ring is 1. The summed E-state index contributed by atoms with van der Waals surface area (Å²) in [4.78, 5) is 12.0. The molecule has 4 nitrogen and oxygen atoms in total. The van der Waals surface area contributed by atoms with Crippen LogP contribution in [0.1, 0.15) is 29.6 Å². The fraction of sp³-hybridized carbons (Fsp3) is 0.417. The van der Waals surface area contributed by atoms with Gasteiger partial charge in [0.15, 0.2) is 0 Å². The molecule has 92 valence electrons. The van der Waals surface area contributed by atoms with Crippen LogP contribution in [-0.2, 0) is 0 Å². The van der Waals surface area contributed by atoms with Crippen molar-refractivity contribution >= 4 is 23.2 Å². The Morgan fingerprint density at radius 2 is 2.24 bits per heavy atom. The number of hydrogen-bond donors (Lipinski definition) is 3. The summed E-state index contributed by atoms with van der Waals surface area (Å²) in [6.45, 7) is -0.0355. The van der Waals surface area contributed by atoms with Crippen LogP contribution in [0.5, 0.6) is 0 Å². The Bertz CT molecular complexity index is 439. The molecule has 1 aliphatic rings. The third kappa shape index (κ3) is 2.37. The number of anilines is 1. The minimum absolute atomic E-state index is 0.0355. The van der Waals surface area contributed by atoms with Crippen molar-refractivity contribution in [1.82, 2.24) is 5.32 Å². The summed E-state index contributed by atoms with van der Waals surface area (Å²) < 4.78 is 0. The minimum atomic E-state index is -0.455. The Hall–Kier alpha value is -1.26. The Morgan fingerprint density at radius 1 is 1.53 bits per heavy atom. The molecule has 0 bridgehead atoms. The fourth-order valence-electron chi connectivity index (χ4n) is 1.97. The summed E-state index contributed by atoms with van der Waals surface area (Å²) in [5.41, 5.74) is 6.03. The number of halogens is 1. The lowest BCUT2D eigenvalue weighted by atomic mass is 9.77. The first-order valence-corrected chi connectivity index (χ1v) is 5.92. The molecule has 0 saturated heterocycles. The van der Waals surface area contributed by atoms with Gasteiger partial charge in [-0.05, 0) is 37.5 Å². The maximum Gasteiger partial charge on any atom is 0.253 e. The number of aliphatic hydroxyl groups is 1. The largest absolute Gasteiger partial charge is 0.398 e. The molecule has 1 saturated carbocycles. The van der Waals surface area contributed by atoms with Gasteiger partial charge in [-0.25, -0.2) is 0 Å². The average molecular weight is 255 g/mol. The van der Waals surface area contributed by atoms with E-state index in [4.69, 9.17) is 17.3 Å². The highest BCUT2D eigenvalue weighted by molar-refractivity contribution is 6.31. The molecule has 0 spiro atoms. The van der Waals surface area contributed by atoms with Gasteiger partial charge >= 0.3 is 0 Å². The van der Waals surface area contributed by atoms with E-state index in [2.05, 4.69) is 5.32 Å². The monoisotopic (exact) mass is 254 g/mol. The molecule has 1 aromatic carbocycles. The second kappa shape index (κ2) is 4.55. The van der Waals surface area contributed by atoms with Crippen LogP contribution in [0.2, 0.25) is 5.02 Å². The molecule has 1 aromatic rings. The zero-order chi connectivity index (χ0) is 12.5. The zero-order valence-corrected chi connectivity index (χ0v) is 10.1. The number of amides is 1. The molecule has 4 N–H and O–H groups in total. The zero-order valence-electron chi connectivity index (χ0n) is 9.37. The average Bonchev–Trinajstić information content (AvgIpc) is 2.23. The van der Waals surface area contributed by atoms with Crippen molar-refractivity contribution in [3.63, 3.8) is 0 Å². The summed E-state index contributed by atoms with van der Waals surface area (Å²) in [7, 11) is 0. The molecule has 0 radical (unpaired) electrons. The summed E-state index contributed by atoms with van der Waals surface area (Å²) in [5, 5.41) is 12.6. The van der Waals surface area contributed by atoms with Crippen LogP contribution in [0, 0.1) is 0 Å². The van der Waals surface area contributed by atoms with Crippen LogP contribution in [0.15, 0.2) is 18.2 Å². The van der Waals surface area contributed by atoms with Crippen LogP contribution < -0.4 is 11.1 Å². The third-order valence-electron chi connectivity index (χ3n) is 3.25. The van der Waals surface area contributed by atoms with Gasteiger partial charge in [0.1, 0.15) is 0 Å². The molecular formula is C12H15ClN2O2. The maximum atomic E-state index is 12.0. The lowest BCUT2D eigenvalue weighted by Crippen LogP contribution is -2.56. The molecular weight excluding hydrogens is 240 g/mol. The van der Waals surface area contributed by atoms with Crippen molar-refractivity contribution in [2.75, 3.05) is 12.3 Å². The topological polar surface area (TPSA) is 75.4 Å². The van der Waals surface area contributed by atoms with Gasteiger partial charge in [0.2, 0.25) is 0 Å². The van der Waals surface area contributed by atoms with Crippen molar-refractivity contribution in [2.24, 2.45) is 0 Å². The van der Waals surface area contributed by atoms with E-state index in [9.17, 15) is 9.90 Å². The number of nitrogens with one attached hydrogen (secondary N) is 1. The molecule has 1 amide bonds. The first-order chi connectivity index (χ1) is 8.06. The van der Waals surface area contributed by atoms with E-state index in [0.717, 1.165) is 19.3 Å². The fourth-order valence-corrected chi connectivity index (χ4v) is 2.16. The van der Waals surface area contributed by atoms with Crippen molar-refractivity contribution in [2.45, 2.75) is 24.8 Å². The van der Waals surface area contributed by atoms with E-state index < -0.39 is 5.54 Å². The van der Waals surface area contributed by atoms with E-state index in [1.165, 1.54) is 0 Å². The first kappa shape index (κ1) is 12.2. The normalized spacial score (nSPS) is 17.3. The van der Waals surface area contributed by atoms with Gasteiger partial charge in [-0.1, -0.05) is 11.6 Å². The summed E-state index contributed by atoms with van der Waals surface area (Å²) in [5.74, 6) is -0.257. The van der Waals surface area contributed by atoms with Gasteiger partial charge in [-0.15, -0.1) is 0 Å². The third-order valence-corrected chi connectivity index (χ3v) is 3.49. The molecule has 17 heavy (non-hydrogen) atoms. The van der Waals surface area contributed by atoms with E-state index in [1.54, 1.807) is 18.2 Å². The van der Waals surface area contributed by atoms with Gasteiger partial charge in [0, 0.05) is 10.7 Å². The molecule has 0 atom stereocenters. The molecule has 0 heterocycles. The van der Waals surface area contributed by atoms with Crippen LogP contribution >= 0.6 is 11.6 Å². The lowest BCUT2D eigenvalue weighted by Gasteiger charge is -2.41. The van der Waals surface area contributed by atoms with E-state index in [-0.39, 0.29) is 12.5 Å². The predicted octanol–water partition coefficient (Wildman–Crippen LogP) is 1.57. The molecule has 1 fully saturated rings. The maximum absolute atomic E-state index is 12.0. The van der Waals surface area contributed by atoms with E-state index in [0.29, 0.717) is 16.3 Å². The quantitative estimate of drug-likeness (QED) is 0.717. The number of hydrogen-bond acceptors (Lipinski definition) is 3. The highest BCUT2D eigenvalue weighted by Crippen LogP contribution is 2.31. The molecule has 1 aliphatic carbocycles. The number of carbonyl (C=O) groups is 1. The number of benzene rings is 1. The second-order valence-electron chi connectivity index (χ2n) is 4.48. The predicted molar refractivity (Wildman–Crippen MR) is 67.0 cm³/mol. The minimum Gasteiger partial charge on any atom is -0.398 e. The van der Waals surface area contributed by atoms with Crippen molar-refractivity contribution < 1.29 is 9.90 Å². The molecule has 0 aromatic heterocycles. The van der Waals surface area contributed by atoms with Gasteiger partial charge in [0.05, 0.1) is 17.7 Å². The first-order valence-electron chi connectivity index (χ1n) is 5.55. The van der Waals surface area contributed by atoms with Crippen LogP contribution in [0.3, 0.4) is 0 Å². The Labute approximate surface area is 105 Å². The van der Waals surface area contributed by atoms with Crippen molar-refractivity contribution in [3.05, 3.63) is 28.8 Å². The molecule has 2 rings (SSSR count). The molecule has 0 aliphatic heterocycles. The van der Waals surface area contributed by atoms with Gasteiger partial charge < -0.3 is 16.2 Å². The van der Waals surface area contributed by atoms with E-state index >= 15 is 0 Å². The van der Waals surface area contributed by atoms with Crippen molar-refractivity contribution in [1.29, 1.82) is 0 Å². The Balaban J connectivity index is 2.14. The summed E-state index contributed by atoms with van der Waals surface area (Å²) in [6, 6.07) is 4.76. The van der Waals surface area contributed by atoms with Gasteiger partial charge in [-0.3, -0.25) is 4.79 Å². The van der Waals surface area contributed by atoms with E-state index in [1.807, 2.05) is 0 Å². The Morgan fingerprint density at radius 3 is 2.71 bits per heavy atom. The molecule has 0 unspecified atom stereocenters. The number of rotatable bonds is 3. The van der Waals surface area contributed by atoms with Crippen LogP contribution in [-0.4, -0.2) is 23.2 Å². The summed E-state index contributed by atoms with van der Waals surface area (Å²) >= 11 is 5.77. The Kier molecular flexibility index (Phi) is 3.26. The van der Waals surface area contributed by atoms with Crippen molar-refractivity contribution in [3.8, 4) is 0 Å². The van der Waals surface area contributed by atoms with Gasteiger partial charge in [0.25, 0.3) is 5.91 Å². The standard InChI is InChI=1S/C12H15ClN2O2/c13-8-2-3-9(10(14)6-8)11(17)15-12(7-16)4-1-5-12/h2-3,6,16H,1,4-5,7,14H2,(H,15,17). The molecule has 5 heteroatoms. The highest BCUT2D eigenvalue weighted by Gasteiger charge is 2.38. The van der Waals surface area contributed by atoms with Crippen LogP contribution in [0.4, 0.5) is 5.69 Å². The summed E-state index contributed by atoms with van der Waals surface area (Å²) in [6.07, 6.45) is 2.64. The number of carbonyl (C=O) groups excluding carboxylic acids is 1. The second-order valence-corrected chi connectivity index (χ2v) is 4.91. The lowest BCUT2D eigenvalue weighted by molar-refractivity contribution is 0.0642. The number of nitrogens with two attached hydrogens (primary N) is 1. The SMILES string of the molecule is Nc1cc(Cl)ccc1C(=O)NC1(CO)CCC1. The smallest absolute Gasteiger partial charge is 0.253 e. The van der Waals surface area contributed by atoms with Crippen LogP contribution in [0.25, 0.3) is 0 Å². The highest BCUT2D eigenvalue weighted by atomic mass is 35.5.